The molecule has 0 saturated heterocycles. The van der Waals surface area contributed by atoms with Crippen LogP contribution in [0.4, 0.5) is 0 Å². The van der Waals surface area contributed by atoms with Gasteiger partial charge in [-0.05, 0) is 26.9 Å². The summed E-state index contributed by atoms with van der Waals surface area (Å²) in [5, 5.41) is 3.96. The van der Waals surface area contributed by atoms with Crippen LogP contribution in [0.25, 0.3) is 0 Å². The second kappa shape index (κ2) is 5.41. The Hall–Kier alpha value is -0.940. The van der Waals surface area contributed by atoms with Crippen molar-refractivity contribution in [1.29, 1.82) is 0 Å². The molecular formula is C11H22N4O. The Morgan fingerprint density at radius 1 is 1.31 bits per heavy atom. The number of likely N-dealkylation sites (N-methyl/N-ethyl adjacent to an activating group) is 1. The van der Waals surface area contributed by atoms with E-state index in [0.29, 0.717) is 5.89 Å². The lowest BCUT2D eigenvalue weighted by Crippen LogP contribution is -2.35. The second-order valence-electron chi connectivity index (χ2n) is 4.43. The van der Waals surface area contributed by atoms with E-state index in [-0.39, 0.29) is 0 Å². The molecular weight excluding hydrogens is 204 g/mol. The summed E-state index contributed by atoms with van der Waals surface area (Å²) < 4.78 is 5.24. The quantitative estimate of drug-likeness (QED) is 0.788. The molecule has 1 heterocycles. The Labute approximate surface area is 97.0 Å². The summed E-state index contributed by atoms with van der Waals surface area (Å²) in [5.74, 6) is 1.30. The van der Waals surface area contributed by atoms with Crippen LogP contribution < -0.4 is 5.73 Å². The molecule has 2 N–H and O–H groups in total. The summed E-state index contributed by atoms with van der Waals surface area (Å²) in [6, 6.07) is 0. The van der Waals surface area contributed by atoms with Crippen molar-refractivity contribution in [3.05, 3.63) is 11.7 Å². The summed E-state index contributed by atoms with van der Waals surface area (Å²) in [7, 11) is 4.04. The highest BCUT2D eigenvalue weighted by Crippen LogP contribution is 2.23. The standard InChI is InChI=1S/C11H22N4O/c1-5-11(12,6-2)10-13-9(14-16-10)7-8-15(3)4/h5-8,12H2,1-4H3. The molecule has 0 spiro atoms. The summed E-state index contributed by atoms with van der Waals surface area (Å²) in [6.45, 7) is 4.98. The van der Waals surface area contributed by atoms with Crippen molar-refractivity contribution < 1.29 is 4.52 Å². The van der Waals surface area contributed by atoms with Crippen LogP contribution in [-0.4, -0.2) is 35.7 Å². The normalized spacial score (nSPS) is 12.4. The van der Waals surface area contributed by atoms with Gasteiger partial charge in [0, 0.05) is 13.0 Å². The predicted octanol–water partition coefficient (Wildman–Crippen LogP) is 1.15. The smallest absolute Gasteiger partial charge is 0.246 e. The molecule has 1 rings (SSSR count). The molecule has 0 bridgehead atoms. The van der Waals surface area contributed by atoms with E-state index in [9.17, 15) is 0 Å². The van der Waals surface area contributed by atoms with Gasteiger partial charge in [-0.25, -0.2) is 0 Å². The minimum atomic E-state index is -0.469. The average molecular weight is 226 g/mol. The third-order valence-electron chi connectivity index (χ3n) is 2.94. The summed E-state index contributed by atoms with van der Waals surface area (Å²) in [5.41, 5.74) is 5.71. The summed E-state index contributed by atoms with van der Waals surface area (Å²) in [4.78, 5) is 6.46. The van der Waals surface area contributed by atoms with Crippen LogP contribution in [-0.2, 0) is 12.0 Å². The lowest BCUT2D eigenvalue weighted by atomic mass is 9.94. The van der Waals surface area contributed by atoms with Gasteiger partial charge >= 0.3 is 0 Å². The number of nitrogens with two attached hydrogens (primary N) is 1. The lowest BCUT2D eigenvalue weighted by molar-refractivity contribution is 0.266. The first-order valence-electron chi connectivity index (χ1n) is 5.78. The van der Waals surface area contributed by atoms with Gasteiger partial charge in [0.1, 0.15) is 0 Å². The largest absolute Gasteiger partial charge is 0.337 e. The number of nitrogens with zero attached hydrogens (tertiary/aromatic N) is 3. The lowest BCUT2D eigenvalue weighted by Gasteiger charge is -2.20. The first kappa shape index (κ1) is 13.1. The summed E-state index contributed by atoms with van der Waals surface area (Å²) in [6.07, 6.45) is 2.40. The fourth-order valence-electron chi connectivity index (χ4n) is 1.43. The first-order chi connectivity index (χ1) is 7.51. The Bertz CT molecular complexity index is 318. The van der Waals surface area contributed by atoms with E-state index >= 15 is 0 Å². The zero-order valence-electron chi connectivity index (χ0n) is 10.7. The molecule has 16 heavy (non-hydrogen) atoms. The highest BCUT2D eigenvalue weighted by atomic mass is 16.5. The van der Waals surface area contributed by atoms with Crippen molar-refractivity contribution >= 4 is 0 Å². The van der Waals surface area contributed by atoms with Crippen LogP contribution in [0.5, 0.6) is 0 Å². The van der Waals surface area contributed by atoms with Gasteiger partial charge in [-0.2, -0.15) is 4.98 Å². The van der Waals surface area contributed by atoms with Gasteiger partial charge in [0.15, 0.2) is 5.82 Å². The Morgan fingerprint density at radius 3 is 2.44 bits per heavy atom. The maximum atomic E-state index is 6.18. The molecule has 1 aromatic heterocycles. The van der Waals surface area contributed by atoms with Gasteiger partial charge in [0.25, 0.3) is 0 Å². The van der Waals surface area contributed by atoms with Crippen molar-refractivity contribution in [1.82, 2.24) is 15.0 Å². The van der Waals surface area contributed by atoms with Crippen LogP contribution in [0.2, 0.25) is 0 Å². The van der Waals surface area contributed by atoms with E-state index in [1.165, 1.54) is 0 Å². The Morgan fingerprint density at radius 2 is 1.94 bits per heavy atom. The van der Waals surface area contributed by atoms with Crippen molar-refractivity contribution in [2.24, 2.45) is 5.73 Å². The maximum Gasteiger partial charge on any atom is 0.246 e. The van der Waals surface area contributed by atoms with E-state index < -0.39 is 5.54 Å². The SMILES string of the molecule is CCC(N)(CC)c1nc(CCN(C)C)no1. The molecule has 0 aromatic carbocycles. The maximum absolute atomic E-state index is 6.18. The van der Waals surface area contributed by atoms with Crippen LogP contribution >= 0.6 is 0 Å². The molecule has 0 aliphatic rings. The third kappa shape index (κ3) is 3.02. The predicted molar refractivity (Wildman–Crippen MR) is 63.0 cm³/mol. The van der Waals surface area contributed by atoms with Crippen molar-refractivity contribution in [2.75, 3.05) is 20.6 Å². The number of hydrogen-bond donors (Lipinski definition) is 1. The molecule has 92 valence electrons. The molecule has 0 saturated carbocycles. The van der Waals surface area contributed by atoms with E-state index in [0.717, 1.165) is 31.6 Å². The van der Waals surface area contributed by atoms with Crippen LogP contribution in [0.3, 0.4) is 0 Å². The van der Waals surface area contributed by atoms with E-state index in [2.05, 4.69) is 15.0 Å². The van der Waals surface area contributed by atoms with Gasteiger partial charge in [-0.15, -0.1) is 0 Å². The van der Waals surface area contributed by atoms with Gasteiger partial charge in [-0.3, -0.25) is 0 Å². The van der Waals surface area contributed by atoms with Gasteiger partial charge in [-0.1, -0.05) is 19.0 Å². The molecule has 0 aliphatic heterocycles. The van der Waals surface area contributed by atoms with Gasteiger partial charge in [0.05, 0.1) is 5.54 Å². The molecule has 5 heteroatoms. The fraction of sp³-hybridized carbons (Fsp3) is 0.818. The Balaban J connectivity index is 2.70. The molecule has 1 aromatic rings. The molecule has 0 aliphatic carbocycles. The van der Waals surface area contributed by atoms with Crippen LogP contribution in [0.15, 0.2) is 4.52 Å². The number of aromatic nitrogens is 2. The van der Waals surface area contributed by atoms with Crippen molar-refractivity contribution in [3.63, 3.8) is 0 Å². The second-order valence-corrected chi connectivity index (χ2v) is 4.43. The van der Waals surface area contributed by atoms with E-state index in [4.69, 9.17) is 10.3 Å². The first-order valence-corrected chi connectivity index (χ1v) is 5.78. The van der Waals surface area contributed by atoms with E-state index in [1.807, 2.05) is 27.9 Å². The topological polar surface area (TPSA) is 68.2 Å². The summed E-state index contributed by atoms with van der Waals surface area (Å²) >= 11 is 0. The van der Waals surface area contributed by atoms with Crippen molar-refractivity contribution in [2.45, 2.75) is 38.6 Å². The monoisotopic (exact) mass is 226 g/mol. The average Bonchev–Trinajstić information content (AvgIpc) is 2.74. The number of hydrogen-bond acceptors (Lipinski definition) is 5. The molecule has 5 nitrogen and oxygen atoms in total. The highest BCUT2D eigenvalue weighted by molar-refractivity contribution is 5.01. The minimum Gasteiger partial charge on any atom is -0.337 e. The molecule has 0 amide bonds. The fourth-order valence-corrected chi connectivity index (χ4v) is 1.43. The van der Waals surface area contributed by atoms with Crippen LogP contribution in [0.1, 0.15) is 38.4 Å². The zero-order valence-corrected chi connectivity index (χ0v) is 10.7. The van der Waals surface area contributed by atoms with Crippen LogP contribution in [0, 0.1) is 0 Å². The molecule has 0 fully saturated rings. The molecule has 0 unspecified atom stereocenters. The van der Waals surface area contributed by atoms with Gasteiger partial charge < -0.3 is 15.2 Å². The Kier molecular flexibility index (Phi) is 4.44. The van der Waals surface area contributed by atoms with E-state index in [1.54, 1.807) is 0 Å². The molecule has 0 atom stereocenters. The number of rotatable bonds is 6. The third-order valence-corrected chi connectivity index (χ3v) is 2.94. The minimum absolute atomic E-state index is 0.469. The zero-order chi connectivity index (χ0) is 12.2. The van der Waals surface area contributed by atoms with Gasteiger partial charge in [0.2, 0.25) is 5.89 Å². The van der Waals surface area contributed by atoms with Crippen molar-refractivity contribution in [3.8, 4) is 0 Å². The molecule has 0 radical (unpaired) electrons. The highest BCUT2D eigenvalue weighted by Gasteiger charge is 2.29.